The molecule has 6 nitrogen and oxygen atoms in total. The van der Waals surface area contributed by atoms with Crippen LogP contribution in [-0.4, -0.2) is 43.4 Å². The molecule has 1 aromatic rings. The van der Waals surface area contributed by atoms with E-state index in [1.54, 1.807) is 32.4 Å². The fourth-order valence-corrected chi connectivity index (χ4v) is 2.20. The van der Waals surface area contributed by atoms with E-state index in [2.05, 4.69) is 24.1 Å². The van der Waals surface area contributed by atoms with Gasteiger partial charge < -0.3 is 19.5 Å². The van der Waals surface area contributed by atoms with Gasteiger partial charge in [-0.1, -0.05) is 13.8 Å². The standard InChI is InChI=1S/C17H28N2O4/c1-6-22-9-10-23-15-8-7-14(12-18-15)19-16(20)17(4,21-5)11-13(2)3/h7-8,12-13H,6,9-11H2,1-5H3,(H,19,20). The molecule has 1 aromatic heterocycles. The summed E-state index contributed by atoms with van der Waals surface area (Å²) in [4.78, 5) is 16.6. The zero-order chi connectivity index (χ0) is 17.3. The Bertz CT molecular complexity index is 476. The van der Waals surface area contributed by atoms with Crippen molar-refractivity contribution in [2.75, 3.05) is 32.2 Å². The quantitative estimate of drug-likeness (QED) is 0.670. The van der Waals surface area contributed by atoms with E-state index in [9.17, 15) is 4.79 Å². The van der Waals surface area contributed by atoms with Gasteiger partial charge in [-0.05, 0) is 32.3 Å². The molecule has 0 spiro atoms. The van der Waals surface area contributed by atoms with Crippen LogP contribution >= 0.6 is 0 Å². The number of nitrogens with zero attached hydrogens (tertiary/aromatic N) is 1. The second-order valence-electron chi connectivity index (χ2n) is 5.92. The number of rotatable bonds is 10. The Balaban J connectivity index is 2.58. The summed E-state index contributed by atoms with van der Waals surface area (Å²) in [6.07, 6.45) is 2.21. The van der Waals surface area contributed by atoms with E-state index in [1.807, 2.05) is 6.92 Å². The van der Waals surface area contributed by atoms with Gasteiger partial charge in [-0.25, -0.2) is 4.98 Å². The Morgan fingerprint density at radius 3 is 2.61 bits per heavy atom. The minimum Gasteiger partial charge on any atom is -0.475 e. The van der Waals surface area contributed by atoms with Gasteiger partial charge >= 0.3 is 0 Å². The normalized spacial score (nSPS) is 13.7. The predicted molar refractivity (Wildman–Crippen MR) is 89.7 cm³/mol. The number of amides is 1. The van der Waals surface area contributed by atoms with E-state index in [0.29, 0.717) is 43.7 Å². The van der Waals surface area contributed by atoms with Crippen molar-refractivity contribution in [2.24, 2.45) is 5.92 Å². The van der Waals surface area contributed by atoms with Gasteiger partial charge in [-0.15, -0.1) is 0 Å². The van der Waals surface area contributed by atoms with E-state index in [-0.39, 0.29) is 5.91 Å². The number of methoxy groups -OCH3 is 1. The van der Waals surface area contributed by atoms with Crippen LogP contribution in [0.4, 0.5) is 5.69 Å². The minimum atomic E-state index is -0.860. The molecule has 0 bridgehead atoms. The lowest BCUT2D eigenvalue weighted by molar-refractivity contribution is -0.137. The van der Waals surface area contributed by atoms with E-state index in [1.165, 1.54) is 0 Å². The number of ether oxygens (including phenoxy) is 3. The summed E-state index contributed by atoms with van der Waals surface area (Å²) < 4.78 is 16.0. The Morgan fingerprint density at radius 2 is 2.09 bits per heavy atom. The molecule has 1 heterocycles. The maximum Gasteiger partial charge on any atom is 0.256 e. The first-order chi connectivity index (χ1) is 10.9. The fraction of sp³-hybridized carbons (Fsp3) is 0.647. The van der Waals surface area contributed by atoms with E-state index in [4.69, 9.17) is 14.2 Å². The Hall–Kier alpha value is -1.66. The van der Waals surface area contributed by atoms with Crippen LogP contribution in [0.25, 0.3) is 0 Å². The van der Waals surface area contributed by atoms with Crippen molar-refractivity contribution >= 4 is 11.6 Å². The van der Waals surface area contributed by atoms with Gasteiger partial charge in [0.2, 0.25) is 5.88 Å². The van der Waals surface area contributed by atoms with Gasteiger partial charge in [0.15, 0.2) is 0 Å². The van der Waals surface area contributed by atoms with Crippen LogP contribution < -0.4 is 10.1 Å². The summed E-state index contributed by atoms with van der Waals surface area (Å²) in [6.45, 7) is 9.47. The molecule has 1 N–H and O–H groups in total. The molecule has 130 valence electrons. The molecule has 0 aliphatic carbocycles. The molecule has 0 aliphatic heterocycles. The number of nitrogens with one attached hydrogen (secondary N) is 1. The Labute approximate surface area is 138 Å². The maximum absolute atomic E-state index is 12.4. The van der Waals surface area contributed by atoms with Crippen LogP contribution in [0.3, 0.4) is 0 Å². The lowest BCUT2D eigenvalue weighted by Gasteiger charge is -2.28. The van der Waals surface area contributed by atoms with Crippen molar-refractivity contribution in [3.63, 3.8) is 0 Å². The highest BCUT2D eigenvalue weighted by Gasteiger charge is 2.33. The van der Waals surface area contributed by atoms with Crippen LogP contribution in [0.1, 0.15) is 34.1 Å². The number of carbonyl (C=O) groups excluding carboxylic acids is 1. The SMILES string of the molecule is CCOCCOc1ccc(NC(=O)C(C)(CC(C)C)OC)cn1. The van der Waals surface area contributed by atoms with Crippen LogP contribution in [0.2, 0.25) is 0 Å². The Kier molecular flexibility index (Phi) is 7.98. The first kappa shape index (κ1) is 19.4. The molecule has 0 fully saturated rings. The molecular formula is C17H28N2O4. The van der Waals surface area contributed by atoms with E-state index in [0.717, 1.165) is 0 Å². The van der Waals surface area contributed by atoms with E-state index < -0.39 is 5.60 Å². The summed E-state index contributed by atoms with van der Waals surface area (Å²) in [6, 6.07) is 3.47. The monoisotopic (exact) mass is 324 g/mol. The minimum absolute atomic E-state index is 0.180. The lowest BCUT2D eigenvalue weighted by atomic mass is 9.93. The third kappa shape index (κ3) is 6.54. The third-order valence-electron chi connectivity index (χ3n) is 3.40. The van der Waals surface area contributed by atoms with Crippen LogP contribution in [0.5, 0.6) is 5.88 Å². The summed E-state index contributed by atoms with van der Waals surface area (Å²) in [5, 5.41) is 2.84. The van der Waals surface area contributed by atoms with Crippen molar-refractivity contribution < 1.29 is 19.0 Å². The second-order valence-corrected chi connectivity index (χ2v) is 5.92. The summed E-state index contributed by atoms with van der Waals surface area (Å²) in [7, 11) is 1.55. The molecule has 0 radical (unpaired) electrons. The van der Waals surface area contributed by atoms with Gasteiger partial charge in [0, 0.05) is 19.8 Å². The topological polar surface area (TPSA) is 69.7 Å². The van der Waals surface area contributed by atoms with Gasteiger partial charge in [0.25, 0.3) is 5.91 Å². The first-order valence-electron chi connectivity index (χ1n) is 7.94. The maximum atomic E-state index is 12.4. The highest BCUT2D eigenvalue weighted by Crippen LogP contribution is 2.22. The summed E-state index contributed by atoms with van der Waals surface area (Å²) in [5.41, 5.74) is -0.250. The number of carbonyl (C=O) groups is 1. The number of hydrogen-bond acceptors (Lipinski definition) is 5. The number of hydrogen-bond donors (Lipinski definition) is 1. The molecule has 23 heavy (non-hydrogen) atoms. The summed E-state index contributed by atoms with van der Waals surface area (Å²) >= 11 is 0. The largest absolute Gasteiger partial charge is 0.475 e. The van der Waals surface area contributed by atoms with Gasteiger partial charge in [-0.3, -0.25) is 4.79 Å². The lowest BCUT2D eigenvalue weighted by Crippen LogP contribution is -2.43. The second kappa shape index (κ2) is 9.47. The van der Waals surface area contributed by atoms with Crippen molar-refractivity contribution in [3.8, 4) is 5.88 Å². The predicted octanol–water partition coefficient (Wildman–Crippen LogP) is 2.89. The first-order valence-corrected chi connectivity index (χ1v) is 7.94. The zero-order valence-electron chi connectivity index (χ0n) is 14.7. The molecule has 1 atom stereocenters. The van der Waals surface area contributed by atoms with Gasteiger partial charge in [0.05, 0.1) is 18.5 Å². The third-order valence-corrected chi connectivity index (χ3v) is 3.40. The van der Waals surface area contributed by atoms with Crippen molar-refractivity contribution in [1.29, 1.82) is 0 Å². The number of aromatic nitrogens is 1. The molecule has 6 heteroatoms. The molecule has 0 aromatic carbocycles. The molecule has 0 saturated carbocycles. The van der Waals surface area contributed by atoms with Crippen molar-refractivity contribution in [2.45, 2.75) is 39.7 Å². The smallest absolute Gasteiger partial charge is 0.256 e. The zero-order valence-corrected chi connectivity index (χ0v) is 14.7. The molecule has 1 amide bonds. The fourth-order valence-electron chi connectivity index (χ4n) is 2.20. The average Bonchev–Trinajstić information content (AvgIpc) is 2.52. The molecule has 1 unspecified atom stereocenters. The number of pyridine rings is 1. The van der Waals surface area contributed by atoms with Crippen LogP contribution in [0.15, 0.2) is 18.3 Å². The molecule has 0 aliphatic rings. The highest BCUT2D eigenvalue weighted by atomic mass is 16.5. The van der Waals surface area contributed by atoms with Crippen molar-refractivity contribution in [3.05, 3.63) is 18.3 Å². The Morgan fingerprint density at radius 1 is 1.35 bits per heavy atom. The van der Waals surface area contributed by atoms with Crippen molar-refractivity contribution in [1.82, 2.24) is 4.98 Å². The van der Waals surface area contributed by atoms with Gasteiger partial charge in [0.1, 0.15) is 12.2 Å². The molecule has 1 rings (SSSR count). The average molecular weight is 324 g/mol. The highest BCUT2D eigenvalue weighted by molar-refractivity contribution is 5.96. The summed E-state index contributed by atoms with van der Waals surface area (Å²) in [5.74, 6) is 0.671. The number of anilines is 1. The van der Waals surface area contributed by atoms with Crippen LogP contribution in [-0.2, 0) is 14.3 Å². The molecule has 0 saturated heterocycles. The molecular weight excluding hydrogens is 296 g/mol. The van der Waals surface area contributed by atoms with Gasteiger partial charge in [-0.2, -0.15) is 0 Å². The van der Waals surface area contributed by atoms with Crippen LogP contribution in [0, 0.1) is 5.92 Å². The van der Waals surface area contributed by atoms with E-state index >= 15 is 0 Å².